The van der Waals surface area contributed by atoms with E-state index in [1.807, 2.05) is 17.5 Å². The molecule has 0 saturated heterocycles. The van der Waals surface area contributed by atoms with E-state index in [1.165, 1.54) is 54.9 Å². The number of thiophene rings is 1. The lowest BCUT2D eigenvalue weighted by Gasteiger charge is -2.20. The van der Waals surface area contributed by atoms with Crippen LogP contribution in [0, 0.1) is 0 Å². The van der Waals surface area contributed by atoms with Gasteiger partial charge in [-0.25, -0.2) is 0 Å². The van der Waals surface area contributed by atoms with E-state index in [0.29, 0.717) is 0 Å². The minimum atomic E-state index is 0.839. The molecule has 6 aromatic carbocycles. The van der Waals surface area contributed by atoms with Crippen LogP contribution in [0.5, 0.6) is 10.8 Å². The van der Waals surface area contributed by atoms with Gasteiger partial charge in [-0.3, -0.25) is 0 Å². The third kappa shape index (κ3) is 4.15. The predicted molar refractivity (Wildman–Crippen MR) is 162 cm³/mol. The van der Waals surface area contributed by atoms with Crippen molar-refractivity contribution < 1.29 is 4.74 Å². The number of rotatable bonds is 5. The molecule has 0 aliphatic carbocycles. The molecule has 0 amide bonds. The molecule has 0 unspecified atom stereocenters. The number of hydrogen-bond acceptors (Lipinski definition) is 2. The summed E-state index contributed by atoms with van der Waals surface area (Å²) in [4.78, 5) is 0. The van der Waals surface area contributed by atoms with Gasteiger partial charge in [0.2, 0.25) is 0 Å². The summed E-state index contributed by atoms with van der Waals surface area (Å²) in [5.74, 6) is 0.839. The lowest BCUT2D eigenvalue weighted by atomic mass is 9.83. The number of benzene rings is 6. The van der Waals surface area contributed by atoms with Crippen LogP contribution in [0.3, 0.4) is 0 Å². The van der Waals surface area contributed by atoms with Gasteiger partial charge in [-0.1, -0.05) is 97.1 Å². The Balaban J connectivity index is 1.54. The number of ether oxygens (including phenoxy) is 1. The van der Waals surface area contributed by atoms with E-state index in [2.05, 4.69) is 127 Å². The molecule has 0 fully saturated rings. The Morgan fingerprint density at radius 1 is 0.447 bits per heavy atom. The van der Waals surface area contributed by atoms with Crippen LogP contribution in [0.4, 0.5) is 0 Å². The quantitative estimate of drug-likeness (QED) is 0.212. The molecule has 0 spiro atoms. The van der Waals surface area contributed by atoms with Gasteiger partial charge in [0.15, 0.2) is 5.06 Å². The van der Waals surface area contributed by atoms with Crippen molar-refractivity contribution in [3.63, 3.8) is 0 Å². The Bertz CT molecular complexity index is 1850. The summed E-state index contributed by atoms with van der Waals surface area (Å²) < 4.78 is 6.08. The normalized spacial score (nSPS) is 11.2. The molecule has 0 saturated carbocycles. The van der Waals surface area contributed by atoms with Crippen LogP contribution in [0.2, 0.25) is 0 Å². The van der Waals surface area contributed by atoms with Crippen molar-refractivity contribution in [1.29, 1.82) is 0 Å². The molecule has 2 heteroatoms. The molecule has 7 rings (SSSR count). The van der Waals surface area contributed by atoms with Gasteiger partial charge in [0.1, 0.15) is 5.75 Å². The maximum atomic E-state index is 6.08. The highest BCUT2D eigenvalue weighted by Gasteiger charge is 2.19. The lowest BCUT2D eigenvalue weighted by Crippen LogP contribution is -1.93. The van der Waals surface area contributed by atoms with Crippen LogP contribution in [-0.4, -0.2) is 0 Å². The molecular weight excluding hydrogens is 480 g/mol. The standard InChI is InChI=1S/C36H24OS/c1-3-10-25(11-4-1)32-24-30-22-28-14-7-8-15-29(28)23-33(30)36(35(32)26-12-5-2-6-13-26)27-17-19-31(20-18-27)37-34-16-9-21-38-34/h1-24H. The van der Waals surface area contributed by atoms with Crippen molar-refractivity contribution in [3.05, 3.63) is 145 Å². The highest BCUT2D eigenvalue weighted by Crippen LogP contribution is 2.46. The van der Waals surface area contributed by atoms with E-state index >= 15 is 0 Å². The predicted octanol–water partition coefficient (Wildman–Crippen LogP) is 10.8. The molecule has 0 aliphatic heterocycles. The van der Waals surface area contributed by atoms with Crippen LogP contribution in [0.15, 0.2) is 145 Å². The third-order valence-electron chi connectivity index (χ3n) is 7.01. The monoisotopic (exact) mass is 504 g/mol. The second kappa shape index (κ2) is 9.66. The van der Waals surface area contributed by atoms with E-state index in [0.717, 1.165) is 10.8 Å². The Hall–Kier alpha value is -4.66. The summed E-state index contributed by atoms with van der Waals surface area (Å²) in [5, 5.41) is 7.89. The largest absolute Gasteiger partial charge is 0.447 e. The van der Waals surface area contributed by atoms with E-state index < -0.39 is 0 Å². The summed E-state index contributed by atoms with van der Waals surface area (Å²) in [6, 6.07) is 49.6. The van der Waals surface area contributed by atoms with Crippen LogP contribution in [0.1, 0.15) is 0 Å². The molecule has 38 heavy (non-hydrogen) atoms. The zero-order chi connectivity index (χ0) is 25.3. The number of fused-ring (bicyclic) bond motifs is 2. The van der Waals surface area contributed by atoms with Crippen LogP contribution >= 0.6 is 11.3 Å². The molecule has 1 aromatic heterocycles. The highest BCUT2D eigenvalue weighted by molar-refractivity contribution is 7.11. The van der Waals surface area contributed by atoms with Gasteiger partial charge in [0, 0.05) is 0 Å². The molecule has 180 valence electrons. The molecule has 0 bridgehead atoms. The first-order chi connectivity index (χ1) is 18.8. The van der Waals surface area contributed by atoms with Crippen molar-refractivity contribution >= 4 is 32.9 Å². The highest BCUT2D eigenvalue weighted by atomic mass is 32.1. The second-order valence-corrected chi connectivity index (χ2v) is 10.3. The van der Waals surface area contributed by atoms with E-state index in [-0.39, 0.29) is 0 Å². The fourth-order valence-electron chi connectivity index (χ4n) is 5.27. The second-order valence-electron chi connectivity index (χ2n) is 9.39. The van der Waals surface area contributed by atoms with Gasteiger partial charge >= 0.3 is 0 Å². The molecule has 0 atom stereocenters. The number of hydrogen-bond donors (Lipinski definition) is 0. The minimum absolute atomic E-state index is 0.839. The zero-order valence-corrected chi connectivity index (χ0v) is 21.5. The fourth-order valence-corrected chi connectivity index (χ4v) is 5.86. The Labute approximate surface area is 226 Å². The Morgan fingerprint density at radius 2 is 1.08 bits per heavy atom. The van der Waals surface area contributed by atoms with Crippen LogP contribution < -0.4 is 4.74 Å². The van der Waals surface area contributed by atoms with E-state index in [4.69, 9.17) is 4.74 Å². The SMILES string of the molecule is c1ccc(-c2cc3cc4ccccc4cc3c(-c3ccc(Oc4cccs4)cc3)c2-c2ccccc2)cc1. The van der Waals surface area contributed by atoms with Crippen molar-refractivity contribution in [2.45, 2.75) is 0 Å². The first-order valence-electron chi connectivity index (χ1n) is 12.8. The summed E-state index contributed by atoms with van der Waals surface area (Å²) in [6.07, 6.45) is 0. The van der Waals surface area contributed by atoms with Gasteiger partial charge < -0.3 is 4.74 Å². The maximum absolute atomic E-state index is 6.08. The minimum Gasteiger partial charge on any atom is -0.447 e. The van der Waals surface area contributed by atoms with Gasteiger partial charge in [0.05, 0.1) is 0 Å². The Morgan fingerprint density at radius 3 is 1.76 bits per heavy atom. The van der Waals surface area contributed by atoms with E-state index in [9.17, 15) is 0 Å². The molecular formula is C36H24OS. The van der Waals surface area contributed by atoms with Crippen molar-refractivity contribution in [1.82, 2.24) is 0 Å². The summed E-state index contributed by atoms with van der Waals surface area (Å²) in [6.45, 7) is 0. The van der Waals surface area contributed by atoms with Gasteiger partial charge in [-0.15, -0.1) is 11.3 Å². The smallest absolute Gasteiger partial charge is 0.180 e. The topological polar surface area (TPSA) is 9.23 Å². The molecule has 0 N–H and O–H groups in total. The maximum Gasteiger partial charge on any atom is 0.180 e. The summed E-state index contributed by atoms with van der Waals surface area (Å²) in [5.41, 5.74) is 7.29. The molecule has 1 heterocycles. The van der Waals surface area contributed by atoms with Crippen molar-refractivity contribution in [3.8, 4) is 44.2 Å². The third-order valence-corrected chi connectivity index (χ3v) is 7.76. The fraction of sp³-hybridized carbons (Fsp3) is 0. The van der Waals surface area contributed by atoms with Crippen molar-refractivity contribution in [2.75, 3.05) is 0 Å². The molecule has 1 nitrogen and oxygen atoms in total. The van der Waals surface area contributed by atoms with Gasteiger partial charge in [0.25, 0.3) is 0 Å². The lowest BCUT2D eigenvalue weighted by molar-refractivity contribution is 0.497. The van der Waals surface area contributed by atoms with Gasteiger partial charge in [-0.2, -0.15) is 0 Å². The Kier molecular flexibility index (Phi) is 5.73. The average Bonchev–Trinajstić information content (AvgIpc) is 3.50. The molecule has 0 radical (unpaired) electrons. The van der Waals surface area contributed by atoms with Gasteiger partial charge in [-0.05, 0) is 103 Å². The summed E-state index contributed by atoms with van der Waals surface area (Å²) in [7, 11) is 0. The molecule has 7 aromatic rings. The zero-order valence-electron chi connectivity index (χ0n) is 20.7. The van der Waals surface area contributed by atoms with Crippen molar-refractivity contribution in [2.24, 2.45) is 0 Å². The van der Waals surface area contributed by atoms with Crippen LogP contribution in [0.25, 0.3) is 54.9 Å². The summed E-state index contributed by atoms with van der Waals surface area (Å²) >= 11 is 1.60. The van der Waals surface area contributed by atoms with Crippen LogP contribution in [-0.2, 0) is 0 Å². The first-order valence-corrected chi connectivity index (χ1v) is 13.6. The first kappa shape index (κ1) is 22.5. The van der Waals surface area contributed by atoms with E-state index in [1.54, 1.807) is 11.3 Å². The molecule has 0 aliphatic rings. The average molecular weight is 505 g/mol.